The van der Waals surface area contributed by atoms with Crippen LogP contribution in [0.4, 0.5) is 22.0 Å². The summed E-state index contributed by atoms with van der Waals surface area (Å²) < 4.78 is 75.4. The van der Waals surface area contributed by atoms with Gasteiger partial charge in [0.05, 0.1) is 12.5 Å². The standard InChI is InChI=1S/C23H31F5O3/c1-2-3-4-5-6-7-16-30-19-12-14-20(15-13-19)31-21(29)17-8-10-18(11-9-17)22(24,25)23(26,27)28/h12-15,17-18H,2-11,16H2,1H3. The van der Waals surface area contributed by atoms with Gasteiger partial charge < -0.3 is 9.47 Å². The summed E-state index contributed by atoms with van der Waals surface area (Å²) in [6.45, 7) is 2.78. The largest absolute Gasteiger partial charge is 0.494 e. The smallest absolute Gasteiger partial charge is 0.453 e. The van der Waals surface area contributed by atoms with Gasteiger partial charge in [0.25, 0.3) is 0 Å². The van der Waals surface area contributed by atoms with Crippen LogP contribution in [-0.2, 0) is 4.79 Å². The molecule has 0 unspecified atom stereocenters. The third kappa shape index (κ3) is 7.65. The first-order chi connectivity index (χ1) is 14.6. The Morgan fingerprint density at radius 1 is 0.871 bits per heavy atom. The summed E-state index contributed by atoms with van der Waals surface area (Å²) in [5.41, 5.74) is 0. The molecule has 176 valence electrons. The lowest BCUT2D eigenvalue weighted by molar-refractivity contribution is -0.306. The summed E-state index contributed by atoms with van der Waals surface area (Å²) in [7, 11) is 0. The summed E-state index contributed by atoms with van der Waals surface area (Å²) in [5, 5.41) is 0. The van der Waals surface area contributed by atoms with Gasteiger partial charge in [0.15, 0.2) is 0 Å². The molecule has 1 aliphatic rings. The summed E-state index contributed by atoms with van der Waals surface area (Å²) in [4.78, 5) is 12.3. The molecule has 0 saturated heterocycles. The molecule has 1 fully saturated rings. The normalized spacial score (nSPS) is 19.8. The van der Waals surface area contributed by atoms with Crippen LogP contribution in [0.3, 0.4) is 0 Å². The molecule has 0 aliphatic heterocycles. The summed E-state index contributed by atoms with van der Waals surface area (Å²) >= 11 is 0. The van der Waals surface area contributed by atoms with Gasteiger partial charge in [-0.05, 0) is 56.4 Å². The number of ether oxygens (including phenoxy) is 2. The Kier molecular flexibility index (Phi) is 9.56. The first-order valence-corrected chi connectivity index (χ1v) is 11.0. The summed E-state index contributed by atoms with van der Waals surface area (Å²) in [6.07, 6.45) is 0.599. The Bertz CT molecular complexity index is 665. The topological polar surface area (TPSA) is 35.5 Å². The number of hydrogen-bond donors (Lipinski definition) is 0. The minimum atomic E-state index is -5.57. The Morgan fingerprint density at radius 2 is 1.42 bits per heavy atom. The molecule has 1 aromatic rings. The van der Waals surface area contributed by atoms with Crippen molar-refractivity contribution in [1.29, 1.82) is 0 Å². The zero-order chi connectivity index (χ0) is 22.9. The number of benzene rings is 1. The van der Waals surface area contributed by atoms with Crippen LogP contribution in [0.1, 0.15) is 71.1 Å². The highest BCUT2D eigenvalue weighted by molar-refractivity contribution is 5.75. The molecule has 0 aromatic heterocycles. The van der Waals surface area contributed by atoms with Crippen LogP contribution in [0, 0.1) is 11.8 Å². The minimum Gasteiger partial charge on any atom is -0.494 e. The predicted molar refractivity (Wildman–Crippen MR) is 107 cm³/mol. The monoisotopic (exact) mass is 450 g/mol. The van der Waals surface area contributed by atoms with Crippen molar-refractivity contribution in [1.82, 2.24) is 0 Å². The first-order valence-electron chi connectivity index (χ1n) is 11.0. The molecule has 0 spiro atoms. The SMILES string of the molecule is CCCCCCCCOc1ccc(OC(=O)C2CCC(C(F)(F)C(F)(F)F)CC2)cc1. The molecule has 0 bridgehead atoms. The maximum Gasteiger partial charge on any atom is 0.453 e. The van der Waals surface area contributed by atoms with Gasteiger partial charge in [0.1, 0.15) is 11.5 Å². The highest BCUT2D eigenvalue weighted by atomic mass is 19.4. The average Bonchev–Trinajstić information content (AvgIpc) is 2.73. The molecule has 8 heteroatoms. The van der Waals surface area contributed by atoms with E-state index >= 15 is 0 Å². The van der Waals surface area contributed by atoms with E-state index in [0.717, 1.165) is 12.8 Å². The molecule has 2 rings (SSSR count). The van der Waals surface area contributed by atoms with Gasteiger partial charge in [0, 0.05) is 5.92 Å². The molecular formula is C23H31F5O3. The molecule has 0 atom stereocenters. The van der Waals surface area contributed by atoms with E-state index in [9.17, 15) is 26.7 Å². The molecular weight excluding hydrogens is 419 g/mol. The zero-order valence-corrected chi connectivity index (χ0v) is 17.9. The molecule has 1 saturated carbocycles. The van der Waals surface area contributed by atoms with E-state index in [1.54, 1.807) is 24.3 Å². The number of halogens is 5. The quantitative estimate of drug-likeness (QED) is 0.153. The van der Waals surface area contributed by atoms with Gasteiger partial charge in [-0.3, -0.25) is 4.79 Å². The fourth-order valence-electron chi connectivity index (χ4n) is 3.80. The molecule has 31 heavy (non-hydrogen) atoms. The molecule has 1 aromatic carbocycles. The number of hydrogen-bond acceptors (Lipinski definition) is 3. The van der Waals surface area contributed by atoms with Gasteiger partial charge in [-0.1, -0.05) is 39.0 Å². The number of esters is 1. The lowest BCUT2D eigenvalue weighted by atomic mass is 9.78. The van der Waals surface area contributed by atoms with Gasteiger partial charge in [-0.25, -0.2) is 0 Å². The maximum atomic E-state index is 13.5. The minimum absolute atomic E-state index is 0.0470. The van der Waals surface area contributed by atoms with Gasteiger partial charge in [-0.2, -0.15) is 22.0 Å². The first kappa shape index (κ1) is 25.4. The number of carbonyl (C=O) groups excluding carboxylic acids is 1. The second-order valence-corrected chi connectivity index (χ2v) is 8.18. The molecule has 1 aliphatic carbocycles. The second-order valence-electron chi connectivity index (χ2n) is 8.18. The Balaban J connectivity index is 1.72. The lowest BCUT2D eigenvalue weighted by Gasteiger charge is -2.33. The third-order valence-electron chi connectivity index (χ3n) is 5.76. The van der Waals surface area contributed by atoms with Crippen molar-refractivity contribution in [2.45, 2.75) is 83.2 Å². The van der Waals surface area contributed by atoms with Crippen LogP contribution in [0.5, 0.6) is 11.5 Å². The lowest BCUT2D eigenvalue weighted by Crippen LogP contribution is -2.45. The summed E-state index contributed by atoms with van der Waals surface area (Å²) in [5.74, 6) is -6.85. The van der Waals surface area contributed by atoms with Crippen molar-refractivity contribution < 1.29 is 36.2 Å². The molecule has 0 heterocycles. The Labute approximate surface area is 180 Å². The van der Waals surface area contributed by atoms with E-state index in [1.165, 1.54) is 25.7 Å². The van der Waals surface area contributed by atoms with Gasteiger partial charge in [-0.15, -0.1) is 0 Å². The van der Waals surface area contributed by atoms with Gasteiger partial charge >= 0.3 is 18.1 Å². The second kappa shape index (κ2) is 11.7. The van der Waals surface area contributed by atoms with Crippen LogP contribution >= 0.6 is 0 Å². The van der Waals surface area contributed by atoms with Crippen molar-refractivity contribution in [3.8, 4) is 11.5 Å². The molecule has 0 amide bonds. The van der Waals surface area contributed by atoms with Crippen LogP contribution in [0.2, 0.25) is 0 Å². The predicted octanol–water partition coefficient (Wildman–Crippen LogP) is 7.34. The van der Waals surface area contributed by atoms with E-state index in [4.69, 9.17) is 9.47 Å². The van der Waals surface area contributed by atoms with Gasteiger partial charge in [0.2, 0.25) is 0 Å². The van der Waals surface area contributed by atoms with Crippen molar-refractivity contribution in [3.05, 3.63) is 24.3 Å². The van der Waals surface area contributed by atoms with Crippen LogP contribution < -0.4 is 9.47 Å². The van der Waals surface area contributed by atoms with Crippen molar-refractivity contribution >= 4 is 5.97 Å². The Morgan fingerprint density at radius 3 is 2.00 bits per heavy atom. The van der Waals surface area contributed by atoms with Crippen molar-refractivity contribution in [2.75, 3.05) is 6.61 Å². The number of rotatable bonds is 11. The van der Waals surface area contributed by atoms with E-state index in [0.29, 0.717) is 18.1 Å². The molecule has 3 nitrogen and oxygen atoms in total. The van der Waals surface area contributed by atoms with Crippen LogP contribution in [0.15, 0.2) is 24.3 Å². The third-order valence-corrected chi connectivity index (χ3v) is 5.76. The molecule has 0 N–H and O–H groups in total. The highest BCUT2D eigenvalue weighted by Crippen LogP contribution is 2.47. The summed E-state index contributed by atoms with van der Waals surface area (Å²) in [6, 6.07) is 6.52. The van der Waals surface area contributed by atoms with Crippen LogP contribution in [0.25, 0.3) is 0 Å². The average molecular weight is 450 g/mol. The van der Waals surface area contributed by atoms with Crippen molar-refractivity contribution in [2.24, 2.45) is 11.8 Å². The fraction of sp³-hybridized carbons (Fsp3) is 0.696. The Hall–Kier alpha value is -1.86. The van der Waals surface area contributed by atoms with E-state index in [1.807, 2.05) is 0 Å². The van der Waals surface area contributed by atoms with E-state index in [-0.39, 0.29) is 25.7 Å². The number of unbranched alkanes of at least 4 members (excludes halogenated alkanes) is 5. The maximum absolute atomic E-state index is 13.5. The van der Waals surface area contributed by atoms with E-state index < -0.39 is 29.9 Å². The van der Waals surface area contributed by atoms with Crippen LogP contribution in [-0.4, -0.2) is 24.7 Å². The zero-order valence-electron chi connectivity index (χ0n) is 17.9. The van der Waals surface area contributed by atoms with E-state index in [2.05, 4.69) is 6.92 Å². The highest BCUT2D eigenvalue weighted by Gasteiger charge is 2.62. The number of carbonyl (C=O) groups is 1. The molecule has 0 radical (unpaired) electrons. The number of alkyl halides is 5. The van der Waals surface area contributed by atoms with Crippen molar-refractivity contribution in [3.63, 3.8) is 0 Å². The fourth-order valence-corrected chi connectivity index (χ4v) is 3.80.